The molecule has 1 aliphatic rings. The van der Waals surface area contributed by atoms with Crippen LogP contribution in [-0.2, 0) is 16.3 Å². The minimum atomic E-state index is -2.97. The summed E-state index contributed by atoms with van der Waals surface area (Å²) in [6, 6.07) is 7.88. The minimum Gasteiger partial charge on any atom is -0.497 e. The summed E-state index contributed by atoms with van der Waals surface area (Å²) in [6.45, 7) is 1.15. The first kappa shape index (κ1) is 21.0. The quantitative estimate of drug-likeness (QED) is 0.344. The van der Waals surface area contributed by atoms with Gasteiger partial charge in [-0.05, 0) is 37.0 Å². The molecule has 0 aromatic heterocycles. The van der Waals surface area contributed by atoms with E-state index in [2.05, 4.69) is 10.3 Å². The molecule has 0 heterocycles. The number of guanidine groups is 1. The third-order valence-corrected chi connectivity index (χ3v) is 5.13. The lowest BCUT2D eigenvalue weighted by Crippen LogP contribution is -2.34. The highest BCUT2D eigenvalue weighted by Crippen LogP contribution is 2.46. The van der Waals surface area contributed by atoms with Crippen molar-refractivity contribution in [2.45, 2.75) is 19.3 Å². The fourth-order valence-electron chi connectivity index (χ4n) is 2.52. The van der Waals surface area contributed by atoms with Gasteiger partial charge in [-0.3, -0.25) is 4.99 Å². The molecule has 0 spiro atoms. The fourth-order valence-corrected chi connectivity index (χ4v) is 4.01. The molecular weight excluding hydrogens is 441 g/mol. The molecule has 136 valence electrons. The Bertz CT molecular complexity index is 656. The highest BCUT2D eigenvalue weighted by Gasteiger charge is 2.45. The van der Waals surface area contributed by atoms with Crippen LogP contribution in [0.15, 0.2) is 29.3 Å². The lowest BCUT2D eigenvalue weighted by atomic mass is 10.1. The van der Waals surface area contributed by atoms with Gasteiger partial charge in [0.2, 0.25) is 0 Å². The lowest BCUT2D eigenvalue weighted by Gasteiger charge is -2.12. The predicted molar refractivity (Wildman–Crippen MR) is 108 cm³/mol. The molecule has 3 N–H and O–H groups in total. The van der Waals surface area contributed by atoms with Crippen molar-refractivity contribution in [3.05, 3.63) is 29.8 Å². The first-order valence-corrected chi connectivity index (χ1v) is 9.72. The molecule has 1 aliphatic carbocycles. The van der Waals surface area contributed by atoms with E-state index in [9.17, 15) is 8.42 Å². The first-order valence-electron chi connectivity index (χ1n) is 7.66. The number of ether oxygens (including phenoxy) is 1. The van der Waals surface area contributed by atoms with Crippen LogP contribution >= 0.6 is 24.0 Å². The molecule has 0 saturated heterocycles. The molecular formula is C16H26IN3O3S. The number of halogens is 1. The maximum absolute atomic E-state index is 11.4. The van der Waals surface area contributed by atoms with Gasteiger partial charge in [0.1, 0.15) is 15.6 Å². The van der Waals surface area contributed by atoms with Crippen LogP contribution in [0.5, 0.6) is 5.75 Å². The first-order chi connectivity index (χ1) is 10.8. The van der Waals surface area contributed by atoms with Crippen LogP contribution in [0.4, 0.5) is 0 Å². The third kappa shape index (κ3) is 7.25. The van der Waals surface area contributed by atoms with E-state index in [0.29, 0.717) is 19.0 Å². The van der Waals surface area contributed by atoms with Gasteiger partial charge in [-0.15, -0.1) is 24.0 Å². The summed E-state index contributed by atoms with van der Waals surface area (Å²) >= 11 is 0. The largest absolute Gasteiger partial charge is 0.497 e. The Kier molecular flexibility index (Phi) is 7.78. The van der Waals surface area contributed by atoms with Gasteiger partial charge in [0.05, 0.1) is 12.9 Å². The van der Waals surface area contributed by atoms with Gasteiger partial charge >= 0.3 is 0 Å². The zero-order valence-electron chi connectivity index (χ0n) is 14.1. The Morgan fingerprint density at radius 1 is 1.33 bits per heavy atom. The number of hydrogen-bond donors (Lipinski definition) is 2. The maximum Gasteiger partial charge on any atom is 0.188 e. The molecule has 24 heavy (non-hydrogen) atoms. The van der Waals surface area contributed by atoms with Crippen molar-refractivity contribution < 1.29 is 13.2 Å². The second kappa shape index (κ2) is 8.89. The van der Waals surface area contributed by atoms with E-state index in [0.717, 1.165) is 25.0 Å². The highest BCUT2D eigenvalue weighted by atomic mass is 127. The smallest absolute Gasteiger partial charge is 0.188 e. The minimum absolute atomic E-state index is 0. The Labute approximate surface area is 161 Å². The van der Waals surface area contributed by atoms with Gasteiger partial charge in [-0.25, -0.2) is 8.42 Å². The summed E-state index contributed by atoms with van der Waals surface area (Å²) in [6.07, 6.45) is 3.91. The lowest BCUT2D eigenvalue weighted by molar-refractivity contribution is 0.414. The Balaban J connectivity index is 0.00000288. The number of sulfone groups is 1. The molecule has 6 nitrogen and oxygen atoms in total. The molecule has 0 amide bonds. The van der Waals surface area contributed by atoms with E-state index in [1.165, 1.54) is 11.8 Å². The summed E-state index contributed by atoms with van der Waals surface area (Å²) < 4.78 is 27.9. The van der Waals surface area contributed by atoms with Crippen LogP contribution in [0.2, 0.25) is 0 Å². The van der Waals surface area contributed by atoms with E-state index < -0.39 is 9.84 Å². The summed E-state index contributed by atoms with van der Waals surface area (Å²) in [4.78, 5) is 4.30. The average molecular weight is 467 g/mol. The van der Waals surface area contributed by atoms with Crippen LogP contribution < -0.4 is 15.8 Å². The number of nitrogens with one attached hydrogen (secondary N) is 1. The summed E-state index contributed by atoms with van der Waals surface area (Å²) in [5.41, 5.74) is 6.85. The zero-order chi connectivity index (χ0) is 16.9. The molecule has 0 aliphatic heterocycles. The van der Waals surface area contributed by atoms with Crippen molar-refractivity contribution in [3.63, 3.8) is 0 Å². The van der Waals surface area contributed by atoms with Gasteiger partial charge in [0, 0.05) is 24.8 Å². The number of nitrogens with zero attached hydrogens (tertiary/aromatic N) is 1. The number of rotatable bonds is 8. The van der Waals surface area contributed by atoms with E-state index in [-0.39, 0.29) is 35.1 Å². The molecule has 0 bridgehead atoms. The van der Waals surface area contributed by atoms with E-state index in [1.54, 1.807) is 7.11 Å². The average Bonchev–Trinajstić information content (AvgIpc) is 3.24. The number of nitrogens with two attached hydrogens (primary N) is 1. The molecule has 1 aromatic rings. The van der Waals surface area contributed by atoms with Crippen LogP contribution in [0.25, 0.3) is 0 Å². The standard InChI is InChI=1S/C16H25N3O3S.HI/c1-22-14-5-3-13(4-6-14)7-10-18-15(17)19-11-16(8-9-16)12-23(2,20)21;/h3-6H,7-12H2,1-2H3,(H3,17,18,19);1H. The molecule has 8 heteroatoms. The van der Waals surface area contributed by atoms with Crippen LogP contribution in [0, 0.1) is 5.41 Å². The Morgan fingerprint density at radius 2 is 1.96 bits per heavy atom. The number of aliphatic imine (C=N–C) groups is 1. The molecule has 2 rings (SSSR count). The number of methoxy groups -OCH3 is 1. The van der Waals surface area contributed by atoms with Crippen LogP contribution in [0.1, 0.15) is 18.4 Å². The Hall–Kier alpha value is -1.03. The van der Waals surface area contributed by atoms with Crippen molar-refractivity contribution in [3.8, 4) is 5.75 Å². The van der Waals surface area contributed by atoms with E-state index in [4.69, 9.17) is 10.5 Å². The summed E-state index contributed by atoms with van der Waals surface area (Å²) in [5, 5.41) is 3.07. The van der Waals surface area contributed by atoms with Crippen molar-refractivity contribution in [1.82, 2.24) is 5.32 Å². The normalized spacial score (nSPS) is 16.2. The van der Waals surface area contributed by atoms with Gasteiger partial charge in [0.25, 0.3) is 0 Å². The van der Waals surface area contributed by atoms with Gasteiger partial charge in [-0.1, -0.05) is 12.1 Å². The maximum atomic E-state index is 11.4. The second-order valence-corrected chi connectivity index (χ2v) is 8.44. The fraction of sp³-hybridized carbons (Fsp3) is 0.562. The number of benzene rings is 1. The van der Waals surface area contributed by atoms with Crippen molar-refractivity contribution in [1.29, 1.82) is 0 Å². The van der Waals surface area contributed by atoms with Gasteiger partial charge in [0.15, 0.2) is 5.96 Å². The van der Waals surface area contributed by atoms with Crippen molar-refractivity contribution in [2.24, 2.45) is 16.1 Å². The van der Waals surface area contributed by atoms with Crippen molar-refractivity contribution >= 4 is 39.8 Å². The SMILES string of the molecule is COc1ccc(CCNC(N)=NCC2(CS(C)(=O)=O)CC2)cc1.I. The molecule has 1 fully saturated rings. The third-order valence-electron chi connectivity index (χ3n) is 3.99. The molecule has 0 radical (unpaired) electrons. The Morgan fingerprint density at radius 3 is 2.46 bits per heavy atom. The number of hydrogen-bond acceptors (Lipinski definition) is 4. The van der Waals surface area contributed by atoms with Crippen LogP contribution in [0.3, 0.4) is 0 Å². The predicted octanol–water partition coefficient (Wildman–Crippen LogP) is 1.58. The summed E-state index contributed by atoms with van der Waals surface area (Å²) in [7, 11) is -1.32. The van der Waals surface area contributed by atoms with Crippen LogP contribution in [-0.4, -0.2) is 46.6 Å². The molecule has 0 atom stereocenters. The molecule has 1 saturated carbocycles. The van der Waals surface area contributed by atoms with Crippen molar-refractivity contribution in [2.75, 3.05) is 32.2 Å². The second-order valence-electron chi connectivity index (χ2n) is 6.30. The zero-order valence-corrected chi connectivity index (χ0v) is 17.3. The molecule has 1 aromatic carbocycles. The van der Waals surface area contributed by atoms with Gasteiger partial charge in [-0.2, -0.15) is 0 Å². The van der Waals surface area contributed by atoms with Gasteiger partial charge < -0.3 is 15.8 Å². The topological polar surface area (TPSA) is 93.8 Å². The molecule has 0 unspecified atom stereocenters. The monoisotopic (exact) mass is 467 g/mol. The summed E-state index contributed by atoms with van der Waals surface area (Å²) in [5.74, 6) is 1.41. The van der Waals surface area contributed by atoms with E-state index >= 15 is 0 Å². The van der Waals surface area contributed by atoms with E-state index in [1.807, 2.05) is 24.3 Å². The highest BCUT2D eigenvalue weighted by molar-refractivity contribution is 14.0.